The van der Waals surface area contributed by atoms with E-state index < -0.39 is 41.2 Å². The minimum atomic E-state index is -2.01. The normalized spacial score (nSPS) is 21.6. The van der Waals surface area contributed by atoms with Gasteiger partial charge in [0.05, 0.1) is 62.6 Å². The quantitative estimate of drug-likeness (QED) is 0.0225. The van der Waals surface area contributed by atoms with Gasteiger partial charge >= 0.3 is 5.97 Å². The summed E-state index contributed by atoms with van der Waals surface area (Å²) in [5.74, 6) is -1.34. The van der Waals surface area contributed by atoms with Crippen molar-refractivity contribution in [1.82, 2.24) is 5.32 Å². The molecule has 2 heterocycles. The van der Waals surface area contributed by atoms with Crippen LogP contribution < -0.4 is 11.1 Å². The molecule has 0 aromatic rings. The Hall–Kier alpha value is -2.49. The monoisotopic (exact) mass is 1410 g/mol. The van der Waals surface area contributed by atoms with Crippen molar-refractivity contribution in [3.63, 3.8) is 0 Å². The first-order valence-electron chi connectivity index (χ1n) is 39.7. The number of carboxylic acid groups (broad SMARTS) is 1. The highest BCUT2D eigenvalue weighted by Crippen LogP contribution is 2.40. The van der Waals surface area contributed by atoms with Crippen LogP contribution in [-0.4, -0.2) is 121 Å². The molecule has 2 aliphatic rings. The fourth-order valence-electron chi connectivity index (χ4n) is 11.7. The maximum absolute atomic E-state index is 13.3. The predicted octanol–water partition coefficient (Wildman–Crippen LogP) is 21.5. The molecule has 0 unspecified atom stereocenters. The van der Waals surface area contributed by atoms with Gasteiger partial charge in [0, 0.05) is 37.9 Å². The number of ether oxygens (including phenoxy) is 6. The van der Waals surface area contributed by atoms with E-state index in [1.54, 1.807) is 12.5 Å². The lowest BCUT2D eigenvalue weighted by Crippen LogP contribution is -2.63. The van der Waals surface area contributed by atoms with Gasteiger partial charge in [-0.3, -0.25) is 19.2 Å². The van der Waals surface area contributed by atoms with Crippen molar-refractivity contribution in [2.24, 2.45) is 17.6 Å². The number of nitrogens with one attached hydrogen (secondary N) is 1. The Labute approximate surface area is 598 Å². The van der Waals surface area contributed by atoms with Crippen LogP contribution in [0.5, 0.6) is 0 Å². The Morgan fingerprint density at radius 3 is 1.12 bits per heavy atom. The second-order valence-corrected chi connectivity index (χ2v) is 41.0. The number of carbonyl (C=O) groups excluding carboxylic acids is 3. The molecule has 2 aliphatic heterocycles. The largest absolute Gasteiger partial charge is 0.481 e. The van der Waals surface area contributed by atoms with Crippen molar-refractivity contribution in [3.05, 3.63) is 24.7 Å². The number of carbonyl (C=O) groups is 4. The van der Waals surface area contributed by atoms with E-state index in [0.29, 0.717) is 32.7 Å². The van der Waals surface area contributed by atoms with Crippen molar-refractivity contribution in [1.29, 1.82) is 0 Å². The molecule has 0 spiro atoms. The van der Waals surface area contributed by atoms with Gasteiger partial charge in [0.15, 0.2) is 16.6 Å². The molecular formula is C80H156N2O13Si2. The summed E-state index contributed by atoms with van der Waals surface area (Å²) in [7, 11) is -3.88. The highest BCUT2D eigenvalue weighted by Gasteiger charge is 2.49. The molecule has 572 valence electrons. The van der Waals surface area contributed by atoms with E-state index in [-0.39, 0.29) is 82.7 Å². The maximum atomic E-state index is 13.3. The molecule has 2 rings (SSSR count). The van der Waals surface area contributed by atoms with E-state index in [9.17, 15) is 19.2 Å². The number of ketones is 2. The van der Waals surface area contributed by atoms with Crippen molar-refractivity contribution >= 4 is 40.1 Å². The van der Waals surface area contributed by atoms with Gasteiger partial charge in [0.25, 0.3) is 0 Å². The first-order valence-corrected chi connectivity index (χ1v) is 45.6. The Balaban J connectivity index is 0.00000161. The molecule has 0 aromatic carbocycles. The summed E-state index contributed by atoms with van der Waals surface area (Å²) < 4.78 is 50.7. The Bertz CT molecular complexity index is 2010. The zero-order valence-corrected chi connectivity index (χ0v) is 68.2. The van der Waals surface area contributed by atoms with Crippen molar-refractivity contribution in [2.75, 3.05) is 26.4 Å². The number of carboxylic acids is 1. The summed E-state index contributed by atoms with van der Waals surface area (Å²) in [5.41, 5.74) is 6.54. The summed E-state index contributed by atoms with van der Waals surface area (Å²) in [5, 5.41) is 11.8. The van der Waals surface area contributed by atoms with Gasteiger partial charge in [-0.2, -0.15) is 0 Å². The van der Waals surface area contributed by atoms with Crippen LogP contribution in [0.3, 0.4) is 0 Å². The SMILES string of the molecule is C/C=C\O[C@H]1O[C@H](CO[Si](C)(C)C(C)(C)C)[C@@H](C)[C@H](OCCCCCCCCCC)[C@H]1N.C/C=C\O[C@H]1O[C@H](CO[Si](C)(C)C(C)(C)C)[C@@H](C)[C@H](OCCCCCCCCCC)[C@H]1NC(=O)CC(=O)CCCCCCCCCCC.CCCCCCCCCCCC(=O)CC(=O)O. The average molecular weight is 1410 g/mol. The predicted molar refractivity (Wildman–Crippen MR) is 409 cm³/mol. The molecule has 97 heavy (non-hydrogen) atoms. The van der Waals surface area contributed by atoms with E-state index in [1.165, 1.54) is 167 Å². The number of rotatable bonds is 55. The van der Waals surface area contributed by atoms with Gasteiger partial charge < -0.3 is 53.4 Å². The number of Topliss-reactive ketones (excluding diaryl/α,β-unsaturated/α-hetero) is 2. The van der Waals surface area contributed by atoms with E-state index in [2.05, 4.69) is 115 Å². The zero-order chi connectivity index (χ0) is 73.0. The number of unbranched alkanes of at least 4 members (excludes halogenated alkanes) is 30. The molecule has 4 N–H and O–H groups in total. The number of amides is 1. The molecule has 17 heteroatoms. The van der Waals surface area contributed by atoms with Crippen LogP contribution in [0, 0.1) is 11.8 Å². The minimum absolute atomic E-state index is 0.0109. The Morgan fingerprint density at radius 1 is 0.464 bits per heavy atom. The molecule has 1 amide bonds. The fourth-order valence-corrected chi connectivity index (χ4v) is 13.8. The molecule has 0 aliphatic carbocycles. The lowest BCUT2D eigenvalue weighted by Gasteiger charge is -2.46. The third-order valence-electron chi connectivity index (χ3n) is 20.5. The molecule has 0 radical (unpaired) electrons. The summed E-state index contributed by atoms with van der Waals surface area (Å²) in [6.45, 7) is 42.0. The number of hydrogen-bond donors (Lipinski definition) is 3. The van der Waals surface area contributed by atoms with Crippen LogP contribution in [0.2, 0.25) is 36.3 Å². The molecule has 2 fully saturated rings. The molecule has 0 saturated carbocycles. The van der Waals surface area contributed by atoms with Crippen LogP contribution in [0.1, 0.15) is 341 Å². The van der Waals surface area contributed by atoms with Crippen LogP contribution in [0.4, 0.5) is 0 Å². The Morgan fingerprint density at radius 2 is 0.773 bits per heavy atom. The molecule has 10 atom stereocenters. The van der Waals surface area contributed by atoms with Gasteiger partial charge in [-0.05, 0) is 75.8 Å². The van der Waals surface area contributed by atoms with E-state index in [1.807, 2.05) is 26.0 Å². The number of nitrogens with two attached hydrogens (primary N) is 1. The first-order chi connectivity index (χ1) is 46.1. The molecule has 2 saturated heterocycles. The lowest BCUT2D eigenvalue weighted by molar-refractivity contribution is -0.244. The van der Waals surface area contributed by atoms with Crippen LogP contribution >= 0.6 is 0 Å². The molecular weight excluding hydrogens is 1250 g/mol. The van der Waals surface area contributed by atoms with Crippen molar-refractivity contribution < 1.29 is 61.6 Å². The number of allylic oxidation sites excluding steroid dienone is 2. The second-order valence-electron chi connectivity index (χ2n) is 31.4. The highest BCUT2D eigenvalue weighted by molar-refractivity contribution is 6.74. The maximum Gasteiger partial charge on any atom is 0.310 e. The summed E-state index contributed by atoms with van der Waals surface area (Å²) >= 11 is 0. The van der Waals surface area contributed by atoms with Crippen LogP contribution in [0.15, 0.2) is 24.7 Å². The van der Waals surface area contributed by atoms with Gasteiger partial charge in [-0.15, -0.1) is 0 Å². The standard InChI is InChI=1S/C40H77NO6Si.C26H53NO4Si.C14H26O3/c1-10-13-15-17-19-21-22-24-26-28-34(42)31-36(43)41-37-38(44-30-27-25-23-20-18-16-14-11-2)33(4)35(47-39(37)45-29-12-3)32-46-48(8,9)40(5,6)7;1-9-11-12-13-14-15-16-17-19-28-24-21(3)22(20-30-32(7,8)26(4,5)6)31-25(23(24)27)29-18-10-2;1-2-3-4-5-6-7-8-9-10-11-13(15)12-14(16)17/h12,29,33,35,37-39H,10-11,13-28,30-32H2,1-9H3,(H,41,43);10,18,21-25H,9,11-17,19-20,27H2,1-8H3;2-12H2,1H3,(H,16,17)/b29-12-;18-10-;/t33-,35-,37-,38+,39+;21-,22-,23-,24+,25+;/m11./s1. The van der Waals surface area contributed by atoms with Gasteiger partial charge in [0.2, 0.25) is 18.5 Å². The van der Waals surface area contributed by atoms with Gasteiger partial charge in [0.1, 0.15) is 24.0 Å². The zero-order valence-electron chi connectivity index (χ0n) is 66.2. The smallest absolute Gasteiger partial charge is 0.310 e. The molecule has 15 nitrogen and oxygen atoms in total. The summed E-state index contributed by atoms with van der Waals surface area (Å²) in [4.78, 5) is 47.4. The topological polar surface area (TPSA) is 200 Å². The Kier molecular flexibility index (Phi) is 55.5. The first kappa shape index (κ1) is 94.5. The lowest BCUT2D eigenvalue weighted by atomic mass is 9.89. The number of hydrogen-bond acceptors (Lipinski definition) is 13. The highest BCUT2D eigenvalue weighted by atomic mass is 28.4. The van der Waals surface area contributed by atoms with E-state index in [0.717, 1.165) is 58.0 Å². The van der Waals surface area contributed by atoms with Gasteiger partial charge in [-0.25, -0.2) is 0 Å². The van der Waals surface area contributed by atoms with Gasteiger partial charge in [-0.1, -0.05) is 288 Å². The van der Waals surface area contributed by atoms with E-state index in [4.69, 9.17) is 48.1 Å². The second kappa shape index (κ2) is 57.0. The van der Waals surface area contributed by atoms with E-state index >= 15 is 0 Å². The fraction of sp³-hybridized carbons (Fsp3) is 0.900. The third-order valence-corrected chi connectivity index (χ3v) is 29.5. The van der Waals surface area contributed by atoms with Crippen LogP contribution in [0.25, 0.3) is 0 Å². The molecule has 0 bridgehead atoms. The summed E-state index contributed by atoms with van der Waals surface area (Å²) in [6, 6.07) is -0.860. The van der Waals surface area contributed by atoms with Crippen LogP contribution in [-0.2, 0) is 56.5 Å². The number of aliphatic carboxylic acids is 1. The van der Waals surface area contributed by atoms with Crippen molar-refractivity contribution in [2.45, 2.75) is 426 Å². The minimum Gasteiger partial charge on any atom is -0.481 e. The summed E-state index contributed by atoms with van der Waals surface area (Å²) in [6.07, 6.45) is 47.1. The average Bonchev–Trinajstić information content (AvgIpc) is 0.805. The molecule has 0 aromatic heterocycles. The van der Waals surface area contributed by atoms with Crippen molar-refractivity contribution in [3.8, 4) is 0 Å². The third kappa shape index (κ3) is 45.3.